The van der Waals surface area contributed by atoms with E-state index in [2.05, 4.69) is 43.7 Å². The Bertz CT molecular complexity index is 6830. The molecule has 0 aliphatic heterocycles. The lowest BCUT2D eigenvalue weighted by atomic mass is 10.0. The van der Waals surface area contributed by atoms with Gasteiger partial charge in [0.1, 0.15) is 60.5 Å². The molecule has 41 heteroatoms. The molecule has 8 N–H and O–H groups in total. The highest BCUT2D eigenvalue weighted by Gasteiger charge is 2.26. The van der Waals surface area contributed by atoms with E-state index < -0.39 is 81.2 Å². The molecular weight excluding hydrogens is 2110 g/mol. The Kier molecular flexibility index (Phi) is 40.7. The second-order valence-corrected chi connectivity index (χ2v) is 31.2. The van der Waals surface area contributed by atoms with E-state index in [0.29, 0.717) is 73.5 Å². The molecule has 7 aromatic heterocycles. The summed E-state index contributed by atoms with van der Waals surface area (Å²) in [5.41, 5.74) is 17.1. The van der Waals surface area contributed by atoms with E-state index in [1.165, 1.54) is 209 Å². The molecule has 0 saturated heterocycles. The molecule has 0 aliphatic rings. The molecule has 0 atom stereocenters. The third-order valence-corrected chi connectivity index (χ3v) is 21.6. The predicted molar refractivity (Wildman–Crippen MR) is 522 cm³/mol. The Morgan fingerprint density at radius 1 is 0.387 bits per heavy atom. The molecule has 7 heterocycles. The number of nitrogens with one attached hydrogen (secondary N) is 2. The number of rotatable bonds is 32. The van der Waals surface area contributed by atoms with Crippen LogP contribution in [0.15, 0.2) is 259 Å². The number of amides is 2. The number of halogens is 13. The summed E-state index contributed by atoms with van der Waals surface area (Å²) in [4.78, 5) is 115. The number of hydrogen-bond acceptors (Lipinski definition) is 23. The summed E-state index contributed by atoms with van der Waals surface area (Å²) in [5, 5.41) is 4.77. The first-order valence-corrected chi connectivity index (χ1v) is 44.0. The molecule has 0 saturated carbocycles. The van der Waals surface area contributed by atoms with Gasteiger partial charge in [-0.15, -0.1) is 13.2 Å². The summed E-state index contributed by atoms with van der Waals surface area (Å²) in [7, 11) is 0. The van der Waals surface area contributed by atoms with Gasteiger partial charge in [-0.2, -0.15) is 0 Å². The Hall–Kier alpha value is -13.9. The van der Waals surface area contributed by atoms with Crippen LogP contribution in [0.5, 0.6) is 51.7 Å². The second kappa shape index (κ2) is 52.3. The van der Waals surface area contributed by atoms with Crippen LogP contribution in [0.25, 0.3) is 17.1 Å². The van der Waals surface area contributed by atoms with Gasteiger partial charge >= 0.3 is 0 Å². The smallest absolute Gasteiger partial charge is 0.271 e. The average molecular weight is 2190 g/mol. The molecule has 0 bridgehead atoms. The number of aromatic nitrogens is 7. The molecule has 0 aliphatic carbocycles. The molecule has 7 aromatic carbocycles. The van der Waals surface area contributed by atoms with Crippen LogP contribution in [0.3, 0.4) is 0 Å². The number of carbonyl (C=O) groups excluding carboxylic acids is 5. The van der Waals surface area contributed by atoms with Gasteiger partial charge in [0.05, 0.1) is 17.7 Å². The third kappa shape index (κ3) is 29.3. The maximum atomic E-state index is 14.8. The predicted octanol–water partition coefficient (Wildman–Crippen LogP) is 21.5. The Labute approximate surface area is 824 Å². The van der Waals surface area contributed by atoms with Crippen LogP contribution in [0.2, 0.25) is 20.1 Å². The number of nitrogens with two attached hydrogens (primary N) is 3. The van der Waals surface area contributed by atoms with Gasteiger partial charge in [-0.1, -0.05) is 64.6 Å². The number of anilines is 5. The zero-order valence-electron chi connectivity index (χ0n) is 72.3. The summed E-state index contributed by atoms with van der Waals surface area (Å²) in [6.07, 6.45) is 10.0. The number of benzene rings is 7. The van der Waals surface area contributed by atoms with E-state index in [1.807, 2.05) is 66.0 Å². The molecule has 137 heavy (non-hydrogen) atoms. The van der Waals surface area contributed by atoms with Gasteiger partial charge in [0, 0.05) is 143 Å². The van der Waals surface area contributed by atoms with Crippen LogP contribution in [0.4, 0.5) is 59.7 Å². The highest BCUT2D eigenvalue weighted by molar-refractivity contribution is 14.1. The highest BCUT2D eigenvalue weighted by atomic mass is 127. The zero-order valence-corrected chi connectivity index (χ0v) is 79.7. The van der Waals surface area contributed by atoms with E-state index in [1.54, 1.807) is 19.1 Å². The summed E-state index contributed by atoms with van der Waals surface area (Å²) in [5.74, 6) is -5.31. The van der Waals surface area contributed by atoms with Crippen molar-refractivity contribution in [3.05, 3.63) is 377 Å². The SMILES string of the molecule is C=C.CCOC(OCC)OCC.CCOc1ccn(-c2ccc(F)cc2)c(=O)c1C(=O)Cc1ccc(Oc2ccnc(N)c2Cl)c(F)c1.Nc1ccc(Oc2ccnc(NC=O)c2Cl)c(F)c1.Nc1nccc(Oc2ccc(CC(=O)c3c(I)ccn(-c4ccc(F)cc4)c3=O)cc2F)c1Cl.O=CNc1nccc(Oc2ccc(CC(=O)c3c(I)ccn(-c4ccc(F)cc4)c3=O)cc2F)c1Cl. The fraction of sp³-hybridized carbons (Fsp3) is 0.125. The molecule has 0 spiro atoms. The van der Waals surface area contributed by atoms with Crippen molar-refractivity contribution in [2.24, 2.45) is 0 Å². The Morgan fingerprint density at radius 3 is 1.00 bits per heavy atom. The van der Waals surface area contributed by atoms with Crippen LogP contribution in [-0.4, -0.2) is 96.7 Å². The number of Topliss-reactive ketones (excluding diaryl/α,β-unsaturated/α-hetero) is 3. The fourth-order valence-corrected chi connectivity index (χ4v) is 14.1. The lowest BCUT2D eigenvalue weighted by molar-refractivity contribution is -0.282. The van der Waals surface area contributed by atoms with Crippen molar-refractivity contribution in [3.8, 4) is 68.8 Å². The van der Waals surface area contributed by atoms with E-state index in [0.717, 1.165) is 24.3 Å². The summed E-state index contributed by atoms with van der Waals surface area (Å²) < 4.78 is 145. The molecule has 0 radical (unpaired) electrons. The molecule has 710 valence electrons. The van der Waals surface area contributed by atoms with Crippen molar-refractivity contribution in [2.75, 3.05) is 54.3 Å². The highest BCUT2D eigenvalue weighted by Crippen LogP contribution is 2.39. The topological polar surface area (TPSA) is 379 Å². The number of carbonyl (C=O) groups is 5. The van der Waals surface area contributed by atoms with Crippen LogP contribution >= 0.6 is 91.6 Å². The maximum absolute atomic E-state index is 14.8. The Balaban J connectivity index is 0.000000200. The van der Waals surface area contributed by atoms with Crippen molar-refractivity contribution in [3.63, 3.8) is 0 Å². The first-order valence-electron chi connectivity index (χ1n) is 40.3. The molecule has 14 aromatic rings. The van der Waals surface area contributed by atoms with Gasteiger partial charge in [0.15, 0.2) is 98.3 Å². The van der Waals surface area contributed by atoms with Crippen LogP contribution in [0.1, 0.15) is 75.5 Å². The minimum atomic E-state index is -0.760. The lowest BCUT2D eigenvalue weighted by Crippen LogP contribution is -2.27. The van der Waals surface area contributed by atoms with E-state index in [-0.39, 0.29) is 143 Å². The minimum Gasteiger partial charge on any atom is -0.493 e. The maximum Gasteiger partial charge on any atom is 0.271 e. The zero-order chi connectivity index (χ0) is 99.7. The van der Waals surface area contributed by atoms with Gasteiger partial charge in [0.2, 0.25) is 12.8 Å². The summed E-state index contributed by atoms with van der Waals surface area (Å²) in [6, 6.07) is 42.3. The van der Waals surface area contributed by atoms with E-state index >= 15 is 0 Å². The number of ether oxygens (including phenoxy) is 8. The molecule has 28 nitrogen and oxygen atoms in total. The van der Waals surface area contributed by atoms with Gasteiger partial charge in [-0.05, 0) is 229 Å². The van der Waals surface area contributed by atoms with Crippen molar-refractivity contribution in [1.82, 2.24) is 33.6 Å². The number of hydrogen-bond donors (Lipinski definition) is 5. The van der Waals surface area contributed by atoms with Crippen LogP contribution in [-0.2, 0) is 43.1 Å². The van der Waals surface area contributed by atoms with Crippen molar-refractivity contribution >= 4 is 151 Å². The molecule has 0 fully saturated rings. The van der Waals surface area contributed by atoms with Gasteiger partial charge < -0.3 is 65.7 Å². The first-order chi connectivity index (χ1) is 65.8. The minimum absolute atomic E-state index is 0.0145. The largest absolute Gasteiger partial charge is 0.493 e. The Morgan fingerprint density at radius 2 is 0.686 bits per heavy atom. The third-order valence-electron chi connectivity index (χ3n) is 18.3. The van der Waals surface area contributed by atoms with Crippen LogP contribution in [0, 0.1) is 47.9 Å². The van der Waals surface area contributed by atoms with Crippen molar-refractivity contribution < 1.29 is 92.6 Å². The van der Waals surface area contributed by atoms with Gasteiger partial charge in [-0.25, -0.2) is 50.7 Å². The number of pyridine rings is 7. The second-order valence-electron chi connectivity index (χ2n) is 27.4. The monoisotopic (exact) mass is 2180 g/mol. The quantitative estimate of drug-likeness (QED) is 0.00497. The number of nitrogens with zero attached hydrogens (tertiary/aromatic N) is 7. The molecule has 0 unspecified atom stereocenters. The summed E-state index contributed by atoms with van der Waals surface area (Å²) in [6.45, 7) is 15.0. The van der Waals surface area contributed by atoms with E-state index in [9.17, 15) is 69.1 Å². The van der Waals surface area contributed by atoms with Crippen LogP contribution < -0.4 is 68.2 Å². The molecular formula is C96H79Cl4F7I2N12O16. The fourth-order valence-electron chi connectivity index (χ4n) is 12.0. The standard InChI is InChI=1S/C26H20ClF2N3O4.C25H15ClF2IN3O4.C24H15ClF2IN3O3.C12H9ClFN3O2.C7H16O3.C2H4/c1-2-35-21-10-12-32(17-6-4-16(28)5-7-17)26(34)23(21)19(33)14-15-3-8-20(18(29)13-15)36-22-9-11-31-25(30)24(22)27;26-23-21(7-9-30-24(23)31-13-33)36-20-6-1-14(11-17(20)28)12-19(34)22-18(29)8-10-32(25(22)35)16-4-2-15(27)3-5-16;25-22-20(7-9-30-23(22)29)34-19-6-1-13(11-16(19)27)12-18(32)21-17(28)8-10-31(24(21)33)15-4-2-14(26)3-5-15;13-11-10(3-4-16-12(11)17-6-18)19-9-2-1-7(15)5-8(9)14;1-4-8-7(9-5-2)10-6-3;1-2/h3-13H,2,14H2,1H3,(H2,30,31);1-11,13H,12H2,(H,30,31,33);1-11H,12H2,(H2,29,30);1-6H,15H2,(H,16,17,18);7H,4-6H2,1-3H3;1-2H2. The lowest BCUT2D eigenvalue weighted by Gasteiger charge is -2.15. The molecule has 14 rings (SSSR count). The van der Waals surface area contributed by atoms with Crippen molar-refractivity contribution in [1.29, 1.82) is 0 Å². The number of nitrogen functional groups attached to an aromatic ring is 3. The summed E-state index contributed by atoms with van der Waals surface area (Å²) >= 11 is 27.9. The number of ketones is 3. The average Bonchev–Trinajstić information content (AvgIpc) is 0.794. The van der Waals surface area contributed by atoms with Gasteiger partial charge in [-0.3, -0.25) is 52.1 Å². The van der Waals surface area contributed by atoms with E-state index in [4.69, 9.17) is 101 Å². The first kappa shape index (κ1) is 107. The normalized spacial score (nSPS) is 10.5. The molecule has 2 amide bonds. The van der Waals surface area contributed by atoms with Crippen molar-refractivity contribution in [2.45, 2.75) is 53.4 Å². The van der Waals surface area contributed by atoms with Gasteiger partial charge in [0.25, 0.3) is 23.2 Å².